The molecule has 6 nitrogen and oxygen atoms in total. The highest BCUT2D eigenvalue weighted by Gasteiger charge is 2.30. The van der Waals surface area contributed by atoms with E-state index in [0.29, 0.717) is 48.9 Å². The van der Waals surface area contributed by atoms with E-state index in [2.05, 4.69) is 12.2 Å². The molecule has 1 amide bonds. The van der Waals surface area contributed by atoms with E-state index in [1.807, 2.05) is 4.90 Å². The van der Waals surface area contributed by atoms with Gasteiger partial charge in [0, 0.05) is 32.2 Å². The lowest BCUT2D eigenvalue weighted by Crippen LogP contribution is -2.52. The molecule has 0 spiro atoms. The molecule has 1 aromatic rings. The highest BCUT2D eigenvalue weighted by atomic mass is 32.2. The van der Waals surface area contributed by atoms with Crippen molar-refractivity contribution in [3.05, 3.63) is 17.5 Å². The van der Waals surface area contributed by atoms with Crippen molar-refractivity contribution in [2.24, 2.45) is 5.92 Å². The minimum absolute atomic E-state index is 0.0633. The molecular weight excluding hydrogens is 358 g/mol. The summed E-state index contributed by atoms with van der Waals surface area (Å²) >= 11 is 1.25. The average Bonchev–Trinajstić information content (AvgIpc) is 3.13. The maximum atomic E-state index is 12.5. The Morgan fingerprint density at radius 3 is 2.60 bits per heavy atom. The second kappa shape index (κ2) is 8.16. The van der Waals surface area contributed by atoms with Crippen LogP contribution in [-0.4, -0.2) is 62.3 Å². The number of carbonyl (C=O) groups excluding carboxylic acids is 1. The molecule has 8 heteroatoms. The maximum absolute atomic E-state index is 12.5. The number of nitrogens with one attached hydrogen (secondary N) is 1. The number of amides is 1. The van der Waals surface area contributed by atoms with Gasteiger partial charge in [0.2, 0.25) is 5.91 Å². The van der Waals surface area contributed by atoms with Gasteiger partial charge in [0.15, 0.2) is 0 Å². The number of piperazine rings is 1. The summed E-state index contributed by atoms with van der Waals surface area (Å²) in [5.74, 6) is 0.610. The molecule has 140 valence electrons. The molecule has 0 aromatic carbocycles. The van der Waals surface area contributed by atoms with Crippen LogP contribution in [0, 0.1) is 5.92 Å². The van der Waals surface area contributed by atoms with E-state index in [-0.39, 0.29) is 5.91 Å². The molecule has 1 N–H and O–H groups in total. The number of sulfonamides is 1. The van der Waals surface area contributed by atoms with Gasteiger partial charge in [-0.25, -0.2) is 8.42 Å². The summed E-state index contributed by atoms with van der Waals surface area (Å²) in [4.78, 5) is 14.4. The summed E-state index contributed by atoms with van der Waals surface area (Å²) in [6, 6.07) is 3.69. The summed E-state index contributed by atoms with van der Waals surface area (Å²) in [6.45, 7) is 4.63. The zero-order valence-electron chi connectivity index (χ0n) is 14.7. The van der Waals surface area contributed by atoms with Crippen LogP contribution in [0.2, 0.25) is 0 Å². The summed E-state index contributed by atoms with van der Waals surface area (Å²) in [5.41, 5.74) is 0. The first kappa shape index (κ1) is 18.8. The molecule has 1 aliphatic heterocycles. The fraction of sp³-hybridized carbons (Fsp3) is 0.706. The predicted molar refractivity (Wildman–Crippen MR) is 99.1 cm³/mol. The van der Waals surface area contributed by atoms with Gasteiger partial charge in [0.1, 0.15) is 4.21 Å². The second-order valence-electron chi connectivity index (χ2n) is 7.05. The van der Waals surface area contributed by atoms with E-state index in [1.165, 1.54) is 34.9 Å². The lowest BCUT2D eigenvalue weighted by atomic mass is 9.86. The van der Waals surface area contributed by atoms with Crippen LogP contribution in [0.5, 0.6) is 0 Å². The number of hydrogen-bond donors (Lipinski definition) is 1. The zero-order chi connectivity index (χ0) is 17.9. The van der Waals surface area contributed by atoms with Gasteiger partial charge >= 0.3 is 0 Å². The van der Waals surface area contributed by atoms with Gasteiger partial charge in [-0.1, -0.05) is 25.8 Å². The van der Waals surface area contributed by atoms with E-state index in [9.17, 15) is 13.2 Å². The Balaban J connectivity index is 1.47. The molecule has 25 heavy (non-hydrogen) atoms. The van der Waals surface area contributed by atoms with Gasteiger partial charge < -0.3 is 5.32 Å². The van der Waals surface area contributed by atoms with Gasteiger partial charge in [0.05, 0.1) is 6.54 Å². The number of nitrogens with zero attached hydrogens (tertiary/aromatic N) is 2. The largest absolute Gasteiger partial charge is 0.352 e. The van der Waals surface area contributed by atoms with Crippen molar-refractivity contribution < 1.29 is 13.2 Å². The lowest BCUT2D eigenvalue weighted by Gasteiger charge is -2.34. The van der Waals surface area contributed by atoms with Crippen molar-refractivity contribution in [2.75, 3.05) is 32.7 Å². The fourth-order valence-corrected chi connectivity index (χ4v) is 6.22. The molecule has 2 aliphatic rings. The maximum Gasteiger partial charge on any atom is 0.252 e. The fourth-order valence-electron chi connectivity index (χ4n) is 3.65. The quantitative estimate of drug-likeness (QED) is 0.838. The third-order valence-electron chi connectivity index (χ3n) is 5.25. The molecule has 2 fully saturated rings. The van der Waals surface area contributed by atoms with E-state index >= 15 is 0 Å². The molecule has 0 radical (unpaired) electrons. The Hall–Kier alpha value is -0.960. The summed E-state index contributed by atoms with van der Waals surface area (Å²) in [7, 11) is -3.38. The number of thiophene rings is 1. The molecule has 1 aromatic heterocycles. The van der Waals surface area contributed by atoms with Crippen molar-refractivity contribution in [2.45, 2.75) is 42.9 Å². The van der Waals surface area contributed by atoms with Gasteiger partial charge in [-0.3, -0.25) is 9.69 Å². The van der Waals surface area contributed by atoms with Crippen LogP contribution < -0.4 is 5.32 Å². The number of hydrogen-bond acceptors (Lipinski definition) is 5. The third kappa shape index (κ3) is 4.61. The Morgan fingerprint density at radius 2 is 1.96 bits per heavy atom. The molecule has 1 saturated heterocycles. The Bertz CT molecular complexity index is 667. The first-order valence-electron chi connectivity index (χ1n) is 9.02. The Kier molecular flexibility index (Phi) is 6.14. The minimum atomic E-state index is -3.38. The van der Waals surface area contributed by atoms with Crippen molar-refractivity contribution in [1.82, 2.24) is 14.5 Å². The van der Waals surface area contributed by atoms with E-state index in [4.69, 9.17) is 0 Å². The normalized spacial score (nSPS) is 26.4. The zero-order valence-corrected chi connectivity index (χ0v) is 16.3. The van der Waals surface area contributed by atoms with E-state index in [0.717, 1.165) is 6.42 Å². The number of rotatable bonds is 5. The van der Waals surface area contributed by atoms with Crippen LogP contribution in [-0.2, 0) is 14.8 Å². The van der Waals surface area contributed by atoms with Crippen LogP contribution in [0.1, 0.15) is 32.6 Å². The first-order valence-corrected chi connectivity index (χ1v) is 11.3. The van der Waals surface area contributed by atoms with Crippen LogP contribution in [0.4, 0.5) is 0 Å². The Labute approximate surface area is 154 Å². The van der Waals surface area contributed by atoms with E-state index < -0.39 is 10.0 Å². The Morgan fingerprint density at radius 1 is 1.24 bits per heavy atom. The highest BCUT2D eigenvalue weighted by molar-refractivity contribution is 7.91. The molecule has 1 aliphatic carbocycles. The van der Waals surface area contributed by atoms with Crippen molar-refractivity contribution in [3.63, 3.8) is 0 Å². The smallest absolute Gasteiger partial charge is 0.252 e. The molecule has 2 heterocycles. The molecule has 1 saturated carbocycles. The molecule has 2 atom stereocenters. The van der Waals surface area contributed by atoms with Crippen LogP contribution in [0.3, 0.4) is 0 Å². The van der Waals surface area contributed by atoms with Gasteiger partial charge in [-0.15, -0.1) is 11.3 Å². The van der Waals surface area contributed by atoms with Crippen LogP contribution in [0.25, 0.3) is 0 Å². The summed E-state index contributed by atoms with van der Waals surface area (Å²) < 4.78 is 26.9. The van der Waals surface area contributed by atoms with Crippen molar-refractivity contribution >= 4 is 27.3 Å². The lowest BCUT2D eigenvalue weighted by molar-refractivity contribution is -0.123. The monoisotopic (exact) mass is 385 g/mol. The summed E-state index contributed by atoms with van der Waals surface area (Å²) in [5, 5.41) is 4.95. The molecule has 3 rings (SSSR count). The minimum Gasteiger partial charge on any atom is -0.352 e. The van der Waals surface area contributed by atoms with Crippen molar-refractivity contribution in [1.29, 1.82) is 0 Å². The van der Waals surface area contributed by atoms with Gasteiger partial charge in [-0.2, -0.15) is 4.31 Å². The van der Waals surface area contributed by atoms with Crippen molar-refractivity contribution in [3.8, 4) is 0 Å². The number of carbonyl (C=O) groups is 1. The van der Waals surface area contributed by atoms with Crippen LogP contribution in [0.15, 0.2) is 21.7 Å². The topological polar surface area (TPSA) is 69.7 Å². The SMILES string of the molecule is C[C@@H]1CCCC[C@H]1NC(=O)CN1CCN(S(=O)(=O)c2cccs2)CC1. The predicted octanol–water partition coefficient (Wildman–Crippen LogP) is 1.75. The highest BCUT2D eigenvalue weighted by Crippen LogP contribution is 2.24. The summed E-state index contributed by atoms with van der Waals surface area (Å²) in [6.07, 6.45) is 4.70. The van der Waals surface area contributed by atoms with Gasteiger partial charge in [-0.05, 0) is 30.2 Å². The first-order chi connectivity index (χ1) is 12.0. The van der Waals surface area contributed by atoms with Gasteiger partial charge in [0.25, 0.3) is 10.0 Å². The standard InChI is InChI=1S/C17H27N3O3S2/c1-14-5-2-3-6-15(14)18-16(21)13-19-8-10-20(11-9-19)25(22,23)17-7-4-12-24-17/h4,7,12,14-15H,2-3,5-6,8-11,13H2,1H3,(H,18,21)/t14-,15-/m1/s1. The average molecular weight is 386 g/mol. The van der Waals surface area contributed by atoms with Crippen LogP contribution >= 0.6 is 11.3 Å². The van der Waals surface area contributed by atoms with E-state index in [1.54, 1.807) is 17.5 Å². The molecular formula is C17H27N3O3S2. The third-order valence-corrected chi connectivity index (χ3v) is 8.52. The second-order valence-corrected chi connectivity index (χ2v) is 10.2. The molecule has 0 unspecified atom stereocenters. The molecule has 0 bridgehead atoms.